The zero-order chi connectivity index (χ0) is 10.0. The maximum absolute atomic E-state index is 11.5. The van der Waals surface area contributed by atoms with Crippen molar-refractivity contribution in [2.75, 3.05) is 40.0 Å². The molecular formula is C10H17NO3. The Bertz CT molecular complexity index is 223. The lowest BCUT2D eigenvalue weighted by molar-refractivity contribution is -0.134. The molecule has 0 saturated carbocycles. The monoisotopic (exact) mass is 199 g/mol. The fraction of sp³-hybridized carbons (Fsp3) is 0.900. The number of carbonyl (C=O) groups is 1. The molecule has 2 aliphatic heterocycles. The smallest absolute Gasteiger partial charge is 0.248 e. The zero-order valence-corrected chi connectivity index (χ0v) is 8.62. The summed E-state index contributed by atoms with van der Waals surface area (Å²) >= 11 is 0. The predicted molar refractivity (Wildman–Crippen MR) is 50.9 cm³/mol. The van der Waals surface area contributed by atoms with Crippen LogP contribution in [0.4, 0.5) is 0 Å². The number of hydrogen-bond donors (Lipinski definition) is 0. The topological polar surface area (TPSA) is 38.8 Å². The number of hydrogen-bond acceptors (Lipinski definition) is 3. The van der Waals surface area contributed by atoms with Crippen LogP contribution in [0.25, 0.3) is 0 Å². The van der Waals surface area contributed by atoms with Crippen molar-refractivity contribution >= 4 is 5.91 Å². The molecule has 2 saturated heterocycles. The van der Waals surface area contributed by atoms with Gasteiger partial charge in [-0.05, 0) is 12.8 Å². The van der Waals surface area contributed by atoms with Gasteiger partial charge in [0.1, 0.15) is 6.61 Å². The molecule has 1 spiro atoms. The van der Waals surface area contributed by atoms with E-state index in [0.29, 0.717) is 0 Å². The molecule has 0 aliphatic carbocycles. The van der Waals surface area contributed by atoms with Crippen molar-refractivity contribution in [3.63, 3.8) is 0 Å². The van der Waals surface area contributed by atoms with Gasteiger partial charge in [-0.15, -0.1) is 0 Å². The van der Waals surface area contributed by atoms with Crippen LogP contribution < -0.4 is 0 Å². The van der Waals surface area contributed by atoms with Crippen molar-refractivity contribution in [3.8, 4) is 0 Å². The summed E-state index contributed by atoms with van der Waals surface area (Å²) in [5, 5.41) is 0. The highest BCUT2D eigenvalue weighted by molar-refractivity contribution is 5.77. The largest absolute Gasteiger partial charge is 0.381 e. The van der Waals surface area contributed by atoms with Gasteiger partial charge in [0, 0.05) is 32.2 Å². The molecule has 2 rings (SSSR count). The molecule has 0 aromatic carbocycles. The van der Waals surface area contributed by atoms with E-state index in [1.165, 1.54) is 0 Å². The Morgan fingerprint density at radius 1 is 1.57 bits per heavy atom. The van der Waals surface area contributed by atoms with Crippen molar-refractivity contribution < 1.29 is 14.3 Å². The number of carbonyl (C=O) groups excluding carboxylic acids is 1. The lowest BCUT2D eigenvalue weighted by atomic mass is 9.87. The summed E-state index contributed by atoms with van der Waals surface area (Å²) in [4.78, 5) is 13.4. The van der Waals surface area contributed by atoms with Crippen LogP contribution in [0.15, 0.2) is 0 Å². The Morgan fingerprint density at radius 3 is 3.07 bits per heavy atom. The predicted octanol–water partition coefficient (Wildman–Crippen LogP) is 0.272. The van der Waals surface area contributed by atoms with Crippen LogP contribution in [-0.4, -0.2) is 50.8 Å². The van der Waals surface area contributed by atoms with Crippen LogP contribution in [-0.2, 0) is 14.3 Å². The van der Waals surface area contributed by atoms with Gasteiger partial charge >= 0.3 is 0 Å². The Kier molecular flexibility index (Phi) is 2.74. The maximum atomic E-state index is 11.5. The van der Waals surface area contributed by atoms with Crippen LogP contribution in [0, 0.1) is 5.41 Å². The first kappa shape index (κ1) is 9.93. The van der Waals surface area contributed by atoms with Crippen molar-refractivity contribution in [3.05, 3.63) is 0 Å². The first-order valence-corrected chi connectivity index (χ1v) is 5.10. The van der Waals surface area contributed by atoms with E-state index in [4.69, 9.17) is 9.47 Å². The molecule has 4 heteroatoms. The highest BCUT2D eigenvalue weighted by Crippen LogP contribution is 2.37. The van der Waals surface area contributed by atoms with E-state index in [9.17, 15) is 4.79 Å². The molecule has 0 aromatic rings. The Morgan fingerprint density at radius 2 is 2.43 bits per heavy atom. The summed E-state index contributed by atoms with van der Waals surface area (Å²) in [6.45, 7) is 3.60. The van der Waals surface area contributed by atoms with Crippen LogP contribution in [0.3, 0.4) is 0 Å². The molecule has 14 heavy (non-hydrogen) atoms. The van der Waals surface area contributed by atoms with Crippen molar-refractivity contribution in [2.24, 2.45) is 5.41 Å². The van der Waals surface area contributed by atoms with E-state index in [1.54, 1.807) is 7.11 Å². The molecule has 1 atom stereocenters. The van der Waals surface area contributed by atoms with Gasteiger partial charge in [0.25, 0.3) is 0 Å². The molecular weight excluding hydrogens is 182 g/mol. The van der Waals surface area contributed by atoms with E-state index in [0.717, 1.165) is 39.1 Å². The second-order valence-corrected chi connectivity index (χ2v) is 4.30. The summed E-state index contributed by atoms with van der Waals surface area (Å²) in [5.41, 5.74) is 0.267. The summed E-state index contributed by atoms with van der Waals surface area (Å²) in [6.07, 6.45) is 2.19. The summed E-state index contributed by atoms with van der Waals surface area (Å²) in [7, 11) is 1.56. The third-order valence-electron chi connectivity index (χ3n) is 3.24. The van der Waals surface area contributed by atoms with Gasteiger partial charge in [-0.1, -0.05) is 0 Å². The molecule has 4 nitrogen and oxygen atoms in total. The quantitative estimate of drug-likeness (QED) is 0.641. The van der Waals surface area contributed by atoms with Gasteiger partial charge in [0.15, 0.2) is 0 Å². The minimum Gasteiger partial charge on any atom is -0.381 e. The molecule has 0 radical (unpaired) electrons. The molecule has 80 valence electrons. The number of amides is 1. The maximum Gasteiger partial charge on any atom is 0.248 e. The summed E-state index contributed by atoms with van der Waals surface area (Å²) < 4.78 is 10.2. The summed E-state index contributed by atoms with van der Waals surface area (Å²) in [6, 6.07) is 0. The first-order chi connectivity index (χ1) is 6.76. The van der Waals surface area contributed by atoms with Gasteiger partial charge in [0.2, 0.25) is 5.91 Å². The Hall–Kier alpha value is -0.610. The lowest BCUT2D eigenvalue weighted by Gasteiger charge is -2.21. The SMILES string of the molecule is COCC(=O)N1CC[C@]2(CCOC2)C1. The van der Waals surface area contributed by atoms with Gasteiger partial charge in [-0.2, -0.15) is 0 Å². The van der Waals surface area contributed by atoms with E-state index in [1.807, 2.05) is 4.90 Å². The van der Waals surface area contributed by atoms with Crippen molar-refractivity contribution in [1.82, 2.24) is 4.90 Å². The van der Waals surface area contributed by atoms with Gasteiger partial charge in [-0.25, -0.2) is 0 Å². The van der Waals surface area contributed by atoms with Crippen molar-refractivity contribution in [2.45, 2.75) is 12.8 Å². The number of nitrogens with zero attached hydrogens (tertiary/aromatic N) is 1. The Labute approximate surface area is 84.2 Å². The molecule has 2 heterocycles. The second-order valence-electron chi connectivity index (χ2n) is 4.30. The molecule has 1 amide bonds. The standard InChI is InChI=1S/C10H17NO3/c1-13-6-9(12)11-4-2-10(7-11)3-5-14-8-10/h2-8H2,1H3/t10-/m0/s1. The van der Waals surface area contributed by atoms with Crippen molar-refractivity contribution in [1.29, 1.82) is 0 Å². The third-order valence-corrected chi connectivity index (χ3v) is 3.24. The van der Waals surface area contributed by atoms with Crippen LogP contribution in [0.2, 0.25) is 0 Å². The molecule has 0 bridgehead atoms. The highest BCUT2D eigenvalue weighted by Gasteiger charge is 2.42. The fourth-order valence-electron chi connectivity index (χ4n) is 2.33. The van der Waals surface area contributed by atoms with Gasteiger partial charge in [0.05, 0.1) is 6.61 Å². The minimum absolute atomic E-state index is 0.108. The number of likely N-dealkylation sites (tertiary alicyclic amines) is 1. The lowest BCUT2D eigenvalue weighted by Crippen LogP contribution is -2.34. The van der Waals surface area contributed by atoms with Gasteiger partial charge < -0.3 is 14.4 Å². The first-order valence-electron chi connectivity index (χ1n) is 5.10. The second kappa shape index (κ2) is 3.87. The van der Waals surface area contributed by atoms with E-state index in [2.05, 4.69) is 0 Å². The number of rotatable bonds is 2. The van der Waals surface area contributed by atoms with E-state index in [-0.39, 0.29) is 17.9 Å². The van der Waals surface area contributed by atoms with E-state index < -0.39 is 0 Å². The van der Waals surface area contributed by atoms with Crippen LogP contribution >= 0.6 is 0 Å². The molecule has 2 aliphatic rings. The normalized spacial score (nSPS) is 31.6. The highest BCUT2D eigenvalue weighted by atomic mass is 16.5. The molecule has 0 unspecified atom stereocenters. The minimum atomic E-state index is 0.108. The van der Waals surface area contributed by atoms with E-state index >= 15 is 0 Å². The number of ether oxygens (including phenoxy) is 2. The molecule has 2 fully saturated rings. The summed E-state index contributed by atoms with van der Waals surface area (Å²) in [5.74, 6) is 0.108. The molecule has 0 N–H and O–H groups in total. The van der Waals surface area contributed by atoms with Crippen LogP contribution in [0.5, 0.6) is 0 Å². The average molecular weight is 199 g/mol. The third kappa shape index (κ3) is 1.77. The number of methoxy groups -OCH3 is 1. The molecule has 0 aromatic heterocycles. The zero-order valence-electron chi connectivity index (χ0n) is 8.62. The van der Waals surface area contributed by atoms with Crippen LogP contribution in [0.1, 0.15) is 12.8 Å². The Balaban J connectivity index is 1.90. The van der Waals surface area contributed by atoms with Gasteiger partial charge in [-0.3, -0.25) is 4.79 Å². The average Bonchev–Trinajstić information content (AvgIpc) is 2.78. The fourth-order valence-corrected chi connectivity index (χ4v) is 2.33.